The van der Waals surface area contributed by atoms with Gasteiger partial charge in [-0.25, -0.2) is 0 Å². The van der Waals surface area contributed by atoms with E-state index in [1.807, 2.05) is 0 Å². The molecule has 0 spiro atoms. The Bertz CT molecular complexity index is 408. The van der Waals surface area contributed by atoms with Crippen molar-refractivity contribution in [1.82, 2.24) is 5.32 Å². The first-order valence-electron chi connectivity index (χ1n) is 7.86. The largest absolute Gasteiger partial charge is 0.380 e. The second-order valence-electron chi connectivity index (χ2n) is 5.71. The predicted molar refractivity (Wildman–Crippen MR) is 85.3 cm³/mol. The zero-order chi connectivity index (χ0) is 14.4. The molecule has 0 aromatic heterocycles. The van der Waals surface area contributed by atoms with Gasteiger partial charge in [-0.1, -0.05) is 32.4 Å². The molecule has 1 heterocycles. The molecular weight excluding hydrogens is 248 g/mol. The van der Waals surface area contributed by atoms with Crippen LogP contribution in [0.5, 0.6) is 0 Å². The molecule has 1 aromatic rings. The Kier molecular flexibility index (Phi) is 5.86. The highest BCUT2D eigenvalue weighted by molar-refractivity contribution is 5.50. The summed E-state index contributed by atoms with van der Waals surface area (Å²) in [6.07, 6.45) is 3.68. The Balaban J connectivity index is 2.15. The highest BCUT2D eigenvalue weighted by Gasteiger charge is 2.26. The highest BCUT2D eigenvalue weighted by atomic mass is 16.5. The molecule has 1 aromatic carbocycles. The van der Waals surface area contributed by atoms with E-state index >= 15 is 0 Å². The minimum Gasteiger partial charge on any atom is -0.380 e. The summed E-state index contributed by atoms with van der Waals surface area (Å²) in [4.78, 5) is 2.58. The fourth-order valence-electron chi connectivity index (χ4n) is 3.08. The third kappa shape index (κ3) is 3.74. The van der Waals surface area contributed by atoms with Crippen LogP contribution in [0.3, 0.4) is 0 Å². The number of hydrogen-bond acceptors (Lipinski definition) is 3. The van der Waals surface area contributed by atoms with Gasteiger partial charge < -0.3 is 15.0 Å². The van der Waals surface area contributed by atoms with Crippen molar-refractivity contribution in [3.8, 4) is 0 Å². The standard InChI is InChI=1S/C17H28N2O/c1-4-7-15-12-19(16(5-2)11-18-15)17-9-6-8-14(10-17)13-20-3/h6,8-10,15-16,18H,4-5,7,11-13H2,1-3H3. The van der Waals surface area contributed by atoms with Crippen LogP contribution in [0.25, 0.3) is 0 Å². The van der Waals surface area contributed by atoms with Crippen LogP contribution in [0.15, 0.2) is 24.3 Å². The molecule has 3 heteroatoms. The first-order chi connectivity index (χ1) is 9.78. The summed E-state index contributed by atoms with van der Waals surface area (Å²) in [6, 6.07) is 10.0. The van der Waals surface area contributed by atoms with E-state index in [9.17, 15) is 0 Å². The Labute approximate surface area is 123 Å². The van der Waals surface area contributed by atoms with Crippen LogP contribution in [-0.4, -0.2) is 32.3 Å². The zero-order valence-corrected chi connectivity index (χ0v) is 13.1. The Hall–Kier alpha value is -1.06. The van der Waals surface area contributed by atoms with Gasteiger partial charge in [-0.05, 0) is 30.5 Å². The number of ether oxygens (including phenoxy) is 1. The maximum atomic E-state index is 5.25. The monoisotopic (exact) mass is 276 g/mol. The van der Waals surface area contributed by atoms with Crippen LogP contribution in [0, 0.1) is 0 Å². The van der Waals surface area contributed by atoms with Crippen LogP contribution in [0.1, 0.15) is 38.7 Å². The van der Waals surface area contributed by atoms with Crippen LogP contribution in [0.4, 0.5) is 5.69 Å². The molecule has 1 fully saturated rings. The summed E-state index contributed by atoms with van der Waals surface area (Å²) in [5.41, 5.74) is 2.60. The molecule has 0 saturated carbocycles. The average Bonchev–Trinajstić information content (AvgIpc) is 2.48. The Morgan fingerprint density at radius 3 is 2.90 bits per heavy atom. The lowest BCUT2D eigenvalue weighted by Crippen LogP contribution is -2.56. The molecule has 0 radical (unpaired) electrons. The van der Waals surface area contributed by atoms with Gasteiger partial charge in [-0.3, -0.25) is 0 Å². The van der Waals surface area contributed by atoms with Gasteiger partial charge in [0.15, 0.2) is 0 Å². The van der Waals surface area contributed by atoms with E-state index in [0.29, 0.717) is 18.7 Å². The molecule has 1 aliphatic heterocycles. The average molecular weight is 276 g/mol. The third-order valence-electron chi connectivity index (χ3n) is 4.16. The van der Waals surface area contributed by atoms with Crippen LogP contribution in [0.2, 0.25) is 0 Å². The van der Waals surface area contributed by atoms with E-state index in [-0.39, 0.29) is 0 Å². The maximum Gasteiger partial charge on any atom is 0.0713 e. The quantitative estimate of drug-likeness (QED) is 0.863. The van der Waals surface area contributed by atoms with E-state index in [1.54, 1.807) is 7.11 Å². The van der Waals surface area contributed by atoms with Crippen LogP contribution in [-0.2, 0) is 11.3 Å². The summed E-state index contributed by atoms with van der Waals surface area (Å²) in [7, 11) is 1.75. The van der Waals surface area contributed by atoms with Gasteiger partial charge in [0.1, 0.15) is 0 Å². The van der Waals surface area contributed by atoms with Crippen LogP contribution < -0.4 is 10.2 Å². The number of rotatable bonds is 6. The number of hydrogen-bond donors (Lipinski definition) is 1. The molecule has 1 saturated heterocycles. The van der Waals surface area contributed by atoms with Gasteiger partial charge in [-0.15, -0.1) is 0 Å². The molecule has 0 aliphatic carbocycles. The fourth-order valence-corrected chi connectivity index (χ4v) is 3.08. The van der Waals surface area contributed by atoms with Gasteiger partial charge in [0.05, 0.1) is 6.61 Å². The second-order valence-corrected chi connectivity index (χ2v) is 5.71. The number of benzene rings is 1. The fraction of sp³-hybridized carbons (Fsp3) is 0.647. The minimum atomic E-state index is 0.598. The Morgan fingerprint density at radius 2 is 2.20 bits per heavy atom. The summed E-state index contributed by atoms with van der Waals surface area (Å²) in [6.45, 7) is 7.43. The number of nitrogens with one attached hydrogen (secondary N) is 1. The van der Waals surface area contributed by atoms with Crippen LogP contribution >= 0.6 is 0 Å². The molecule has 3 nitrogen and oxygen atoms in total. The number of anilines is 1. The van der Waals surface area contributed by atoms with Gasteiger partial charge >= 0.3 is 0 Å². The smallest absolute Gasteiger partial charge is 0.0713 e. The molecule has 2 atom stereocenters. The summed E-state index contributed by atoms with van der Waals surface area (Å²) >= 11 is 0. The zero-order valence-electron chi connectivity index (χ0n) is 13.1. The molecule has 20 heavy (non-hydrogen) atoms. The molecular formula is C17H28N2O. The molecule has 1 aliphatic rings. The van der Waals surface area contributed by atoms with E-state index in [1.165, 1.54) is 30.5 Å². The molecule has 112 valence electrons. The maximum absolute atomic E-state index is 5.25. The summed E-state index contributed by atoms with van der Waals surface area (Å²) in [5.74, 6) is 0. The lowest BCUT2D eigenvalue weighted by atomic mass is 10.0. The van der Waals surface area contributed by atoms with Crippen molar-refractivity contribution < 1.29 is 4.74 Å². The van der Waals surface area contributed by atoms with Crippen molar-refractivity contribution in [2.24, 2.45) is 0 Å². The van der Waals surface area contributed by atoms with Crippen molar-refractivity contribution in [3.63, 3.8) is 0 Å². The molecule has 1 N–H and O–H groups in total. The lowest BCUT2D eigenvalue weighted by molar-refractivity contribution is 0.185. The van der Waals surface area contributed by atoms with Gasteiger partial charge in [-0.2, -0.15) is 0 Å². The summed E-state index contributed by atoms with van der Waals surface area (Å²) in [5, 5.41) is 3.69. The summed E-state index contributed by atoms with van der Waals surface area (Å²) < 4.78 is 5.25. The number of nitrogens with zero attached hydrogens (tertiary/aromatic N) is 1. The highest BCUT2D eigenvalue weighted by Crippen LogP contribution is 2.23. The predicted octanol–water partition coefficient (Wildman–Crippen LogP) is 3.19. The van der Waals surface area contributed by atoms with Crippen molar-refractivity contribution in [2.45, 2.75) is 51.8 Å². The second kappa shape index (κ2) is 7.65. The van der Waals surface area contributed by atoms with Crippen molar-refractivity contribution in [3.05, 3.63) is 29.8 Å². The Morgan fingerprint density at radius 1 is 1.35 bits per heavy atom. The van der Waals surface area contributed by atoms with Gasteiger partial charge in [0.25, 0.3) is 0 Å². The van der Waals surface area contributed by atoms with Gasteiger partial charge in [0, 0.05) is 38.0 Å². The first-order valence-corrected chi connectivity index (χ1v) is 7.86. The van der Waals surface area contributed by atoms with E-state index < -0.39 is 0 Å². The van der Waals surface area contributed by atoms with Gasteiger partial charge in [0.2, 0.25) is 0 Å². The first kappa shape index (κ1) is 15.3. The minimum absolute atomic E-state index is 0.598. The van der Waals surface area contributed by atoms with Crippen molar-refractivity contribution >= 4 is 5.69 Å². The van der Waals surface area contributed by atoms with Crippen molar-refractivity contribution in [2.75, 3.05) is 25.1 Å². The molecule has 0 bridgehead atoms. The molecule has 2 unspecified atom stereocenters. The molecule has 2 rings (SSSR count). The van der Waals surface area contributed by atoms with E-state index in [2.05, 4.69) is 48.3 Å². The number of piperazine rings is 1. The number of methoxy groups -OCH3 is 1. The normalized spacial score (nSPS) is 23.1. The SMILES string of the molecule is CCCC1CN(c2cccc(COC)c2)C(CC)CN1. The van der Waals surface area contributed by atoms with E-state index in [0.717, 1.165) is 13.1 Å². The third-order valence-corrected chi connectivity index (χ3v) is 4.16. The topological polar surface area (TPSA) is 24.5 Å². The molecule has 0 amide bonds. The lowest BCUT2D eigenvalue weighted by Gasteiger charge is -2.42. The van der Waals surface area contributed by atoms with E-state index in [4.69, 9.17) is 4.74 Å². The van der Waals surface area contributed by atoms with Crippen molar-refractivity contribution in [1.29, 1.82) is 0 Å².